The number of hydrogen-bond donors (Lipinski definition) is 2. The number of carbonyl (C=O) groups excluding carboxylic acids is 1. The lowest BCUT2D eigenvalue weighted by Gasteiger charge is -2.16. The number of nitrogens with one attached hydrogen (secondary N) is 1. The Labute approximate surface area is 119 Å². The maximum atomic E-state index is 13.5. The van der Waals surface area contributed by atoms with Gasteiger partial charge in [-0.2, -0.15) is 0 Å². The second-order valence-electron chi connectivity index (χ2n) is 4.52. The van der Waals surface area contributed by atoms with E-state index < -0.39 is 23.6 Å². The highest BCUT2D eigenvalue weighted by Gasteiger charge is 2.22. The molecule has 104 valence electrons. The Morgan fingerprint density at radius 3 is 2.58 bits per heavy atom. The highest BCUT2D eigenvalue weighted by molar-refractivity contribution is 9.10. The van der Waals surface area contributed by atoms with Gasteiger partial charge >= 0.3 is 5.97 Å². The normalized spacial score (nSPS) is 12.3. The van der Waals surface area contributed by atoms with Crippen molar-refractivity contribution >= 4 is 27.8 Å². The number of amides is 1. The lowest BCUT2D eigenvalue weighted by atomic mass is 9.96. The largest absolute Gasteiger partial charge is 0.481 e. The van der Waals surface area contributed by atoms with Crippen LogP contribution in [0.25, 0.3) is 0 Å². The Kier molecular flexibility index (Phi) is 5.47. The molecule has 0 bridgehead atoms. The molecule has 0 spiro atoms. The molecule has 0 saturated heterocycles. The fourth-order valence-corrected chi connectivity index (χ4v) is 1.94. The molecule has 4 nitrogen and oxygen atoms in total. The van der Waals surface area contributed by atoms with E-state index in [4.69, 9.17) is 5.11 Å². The molecule has 1 aromatic rings. The summed E-state index contributed by atoms with van der Waals surface area (Å²) in [6, 6.07) is 4.02. The number of carbonyl (C=O) groups is 2. The third-order valence-electron chi connectivity index (χ3n) is 2.78. The maximum Gasteiger partial charge on any atom is 0.308 e. The summed E-state index contributed by atoms with van der Waals surface area (Å²) in [6.07, 6.45) is 0. The summed E-state index contributed by atoms with van der Waals surface area (Å²) in [5.41, 5.74) is -0.109. The number of carboxylic acids is 1. The monoisotopic (exact) mass is 331 g/mol. The molecule has 0 heterocycles. The van der Waals surface area contributed by atoms with E-state index in [2.05, 4.69) is 21.2 Å². The average Bonchev–Trinajstić information content (AvgIpc) is 2.31. The predicted molar refractivity (Wildman–Crippen MR) is 72.4 cm³/mol. The van der Waals surface area contributed by atoms with Crippen LogP contribution in [0.1, 0.15) is 24.2 Å². The molecule has 0 radical (unpaired) electrons. The van der Waals surface area contributed by atoms with Gasteiger partial charge in [0.15, 0.2) is 0 Å². The number of carboxylic acid groups (broad SMARTS) is 1. The molecule has 0 fully saturated rings. The molecular weight excluding hydrogens is 317 g/mol. The van der Waals surface area contributed by atoms with Gasteiger partial charge in [0.25, 0.3) is 5.91 Å². The summed E-state index contributed by atoms with van der Waals surface area (Å²) >= 11 is 3.15. The SMILES string of the molecule is CC(C)C(CNC(=O)c1cc(Br)ccc1F)C(=O)O. The maximum absolute atomic E-state index is 13.5. The smallest absolute Gasteiger partial charge is 0.308 e. The summed E-state index contributed by atoms with van der Waals surface area (Å²) in [5, 5.41) is 11.4. The van der Waals surface area contributed by atoms with Gasteiger partial charge in [0.2, 0.25) is 0 Å². The zero-order valence-electron chi connectivity index (χ0n) is 10.6. The van der Waals surface area contributed by atoms with E-state index in [0.717, 1.165) is 0 Å². The Morgan fingerprint density at radius 2 is 2.05 bits per heavy atom. The van der Waals surface area contributed by atoms with E-state index in [0.29, 0.717) is 4.47 Å². The molecule has 19 heavy (non-hydrogen) atoms. The van der Waals surface area contributed by atoms with Gasteiger partial charge in [0.1, 0.15) is 5.82 Å². The molecule has 6 heteroatoms. The van der Waals surface area contributed by atoms with Crippen LogP contribution in [0.3, 0.4) is 0 Å². The fraction of sp³-hybridized carbons (Fsp3) is 0.385. The van der Waals surface area contributed by atoms with Crippen molar-refractivity contribution in [1.82, 2.24) is 5.32 Å². The average molecular weight is 332 g/mol. The number of rotatable bonds is 5. The highest BCUT2D eigenvalue weighted by Crippen LogP contribution is 2.16. The Bertz CT molecular complexity index is 491. The van der Waals surface area contributed by atoms with Gasteiger partial charge in [-0.15, -0.1) is 0 Å². The zero-order valence-corrected chi connectivity index (χ0v) is 12.2. The fourth-order valence-electron chi connectivity index (χ4n) is 1.58. The van der Waals surface area contributed by atoms with E-state index in [1.165, 1.54) is 18.2 Å². The van der Waals surface area contributed by atoms with Gasteiger partial charge in [-0.1, -0.05) is 29.8 Å². The second-order valence-corrected chi connectivity index (χ2v) is 5.44. The van der Waals surface area contributed by atoms with E-state index in [1.807, 2.05) is 0 Å². The molecule has 1 aromatic carbocycles. The number of halogens is 2. The molecule has 0 aliphatic rings. The molecule has 1 rings (SSSR count). The summed E-state index contributed by atoms with van der Waals surface area (Å²) in [7, 11) is 0. The van der Waals surface area contributed by atoms with Crippen molar-refractivity contribution in [2.75, 3.05) is 6.54 Å². The Balaban J connectivity index is 2.75. The van der Waals surface area contributed by atoms with Crippen LogP contribution in [0.5, 0.6) is 0 Å². The van der Waals surface area contributed by atoms with Crippen molar-refractivity contribution < 1.29 is 19.1 Å². The van der Waals surface area contributed by atoms with Crippen molar-refractivity contribution in [3.05, 3.63) is 34.1 Å². The van der Waals surface area contributed by atoms with Gasteiger partial charge in [0.05, 0.1) is 11.5 Å². The molecule has 0 aromatic heterocycles. The van der Waals surface area contributed by atoms with Crippen LogP contribution in [0.15, 0.2) is 22.7 Å². The predicted octanol–water partition coefficient (Wildman–Crippen LogP) is 2.67. The molecule has 1 amide bonds. The molecular formula is C13H15BrFNO3. The lowest BCUT2D eigenvalue weighted by Crippen LogP contribution is -2.35. The van der Waals surface area contributed by atoms with Crippen LogP contribution >= 0.6 is 15.9 Å². The minimum Gasteiger partial charge on any atom is -0.481 e. The van der Waals surface area contributed by atoms with E-state index >= 15 is 0 Å². The van der Waals surface area contributed by atoms with Crippen molar-refractivity contribution in [3.8, 4) is 0 Å². The van der Waals surface area contributed by atoms with Crippen LogP contribution in [0, 0.1) is 17.7 Å². The van der Waals surface area contributed by atoms with E-state index in [9.17, 15) is 14.0 Å². The standard InChI is InChI=1S/C13H15BrFNO3/c1-7(2)10(13(18)19)6-16-12(17)9-5-8(14)3-4-11(9)15/h3-5,7,10H,6H2,1-2H3,(H,16,17)(H,18,19). The Morgan fingerprint density at radius 1 is 1.42 bits per heavy atom. The molecule has 1 unspecified atom stereocenters. The minimum absolute atomic E-state index is 0.0300. The minimum atomic E-state index is -0.981. The first-order valence-electron chi connectivity index (χ1n) is 5.79. The summed E-state index contributed by atoms with van der Waals surface area (Å²) in [5.74, 6) is -3.06. The van der Waals surface area contributed by atoms with Gasteiger partial charge in [0, 0.05) is 11.0 Å². The molecule has 0 aliphatic carbocycles. The van der Waals surface area contributed by atoms with Gasteiger partial charge in [-0.25, -0.2) is 4.39 Å². The molecule has 0 aliphatic heterocycles. The topological polar surface area (TPSA) is 66.4 Å². The van der Waals surface area contributed by atoms with Crippen molar-refractivity contribution in [1.29, 1.82) is 0 Å². The van der Waals surface area contributed by atoms with Crippen molar-refractivity contribution in [3.63, 3.8) is 0 Å². The van der Waals surface area contributed by atoms with E-state index in [1.54, 1.807) is 13.8 Å². The number of benzene rings is 1. The second kappa shape index (κ2) is 6.65. The first kappa shape index (κ1) is 15.6. The van der Waals surface area contributed by atoms with Crippen LogP contribution in [-0.4, -0.2) is 23.5 Å². The van der Waals surface area contributed by atoms with Gasteiger partial charge in [-0.05, 0) is 24.1 Å². The first-order valence-corrected chi connectivity index (χ1v) is 6.58. The summed E-state index contributed by atoms with van der Waals surface area (Å²) < 4.78 is 14.0. The first-order chi connectivity index (χ1) is 8.82. The molecule has 0 saturated carbocycles. The van der Waals surface area contributed by atoms with Crippen LogP contribution in [-0.2, 0) is 4.79 Å². The summed E-state index contributed by atoms with van der Waals surface area (Å²) in [4.78, 5) is 22.8. The van der Waals surface area contributed by atoms with E-state index in [-0.39, 0.29) is 18.0 Å². The van der Waals surface area contributed by atoms with Crippen molar-refractivity contribution in [2.24, 2.45) is 11.8 Å². The lowest BCUT2D eigenvalue weighted by molar-refractivity contribution is -0.142. The zero-order chi connectivity index (χ0) is 14.6. The van der Waals surface area contributed by atoms with Crippen LogP contribution in [0.4, 0.5) is 4.39 Å². The molecule has 1 atom stereocenters. The quantitative estimate of drug-likeness (QED) is 0.871. The van der Waals surface area contributed by atoms with Crippen LogP contribution < -0.4 is 5.32 Å². The van der Waals surface area contributed by atoms with Gasteiger partial charge in [-0.3, -0.25) is 9.59 Å². The Hall–Kier alpha value is -1.43. The number of hydrogen-bond acceptors (Lipinski definition) is 2. The highest BCUT2D eigenvalue weighted by atomic mass is 79.9. The van der Waals surface area contributed by atoms with Gasteiger partial charge < -0.3 is 10.4 Å². The third kappa shape index (κ3) is 4.31. The van der Waals surface area contributed by atoms with Crippen molar-refractivity contribution in [2.45, 2.75) is 13.8 Å². The number of aliphatic carboxylic acids is 1. The van der Waals surface area contributed by atoms with Crippen LogP contribution in [0.2, 0.25) is 0 Å². The molecule has 2 N–H and O–H groups in total. The summed E-state index contributed by atoms with van der Waals surface area (Å²) in [6.45, 7) is 3.48. The third-order valence-corrected chi connectivity index (χ3v) is 3.27.